The van der Waals surface area contributed by atoms with E-state index in [4.69, 9.17) is 11.6 Å². The van der Waals surface area contributed by atoms with E-state index in [9.17, 15) is 9.90 Å². The smallest absolute Gasteiger partial charge is 0.234 e. The molecule has 8 heteroatoms. The van der Waals surface area contributed by atoms with Crippen molar-refractivity contribution in [2.75, 3.05) is 11.1 Å². The van der Waals surface area contributed by atoms with Crippen LogP contribution in [-0.4, -0.2) is 26.3 Å². The topological polar surface area (TPSA) is 67.1 Å². The largest absolute Gasteiger partial charge is 0.390 e. The number of imidazole rings is 1. The fourth-order valence-corrected chi connectivity index (χ4v) is 3.59. The number of hydrogen-bond acceptors (Lipinski definition) is 4. The molecule has 0 aliphatic rings. The molecular weight excluding hydrogens is 450 g/mol. The highest BCUT2D eigenvalue weighted by Gasteiger charge is 2.12. The van der Waals surface area contributed by atoms with Gasteiger partial charge in [0.2, 0.25) is 5.91 Å². The zero-order valence-electron chi connectivity index (χ0n) is 14.2. The first-order valence-electron chi connectivity index (χ1n) is 8.13. The second-order valence-electron chi connectivity index (χ2n) is 5.77. The van der Waals surface area contributed by atoms with Gasteiger partial charge in [-0.3, -0.25) is 4.79 Å². The number of amides is 1. The molecule has 0 aliphatic carbocycles. The van der Waals surface area contributed by atoms with Gasteiger partial charge in [0.25, 0.3) is 0 Å². The van der Waals surface area contributed by atoms with E-state index in [2.05, 4.69) is 26.2 Å². The quantitative estimate of drug-likeness (QED) is 0.501. The fourth-order valence-electron chi connectivity index (χ4n) is 2.40. The third-order valence-corrected chi connectivity index (χ3v) is 5.45. The Bertz CT molecular complexity index is 914. The van der Waals surface area contributed by atoms with Gasteiger partial charge in [0.05, 0.1) is 18.1 Å². The number of aromatic nitrogens is 2. The fraction of sp³-hybridized carbons (Fsp3) is 0.158. The van der Waals surface area contributed by atoms with Gasteiger partial charge in [-0.15, -0.1) is 0 Å². The van der Waals surface area contributed by atoms with Crippen molar-refractivity contribution in [1.29, 1.82) is 0 Å². The lowest BCUT2D eigenvalue weighted by atomic mass is 10.2. The van der Waals surface area contributed by atoms with E-state index in [1.165, 1.54) is 11.8 Å². The molecule has 0 saturated carbocycles. The summed E-state index contributed by atoms with van der Waals surface area (Å²) in [5.41, 5.74) is 2.37. The highest BCUT2D eigenvalue weighted by Crippen LogP contribution is 2.21. The molecule has 2 N–H and O–H groups in total. The van der Waals surface area contributed by atoms with Crippen molar-refractivity contribution in [3.8, 4) is 0 Å². The van der Waals surface area contributed by atoms with Crippen LogP contribution < -0.4 is 5.32 Å². The number of benzene rings is 2. The average Bonchev–Trinajstić information content (AvgIpc) is 3.06. The SMILES string of the molecule is O=C(CSc1nc(CO)cn1Cc1ccc(Cl)cc1)Nc1ccc(Br)cc1. The Morgan fingerprint density at radius 2 is 1.89 bits per heavy atom. The van der Waals surface area contributed by atoms with Crippen LogP contribution in [0.4, 0.5) is 5.69 Å². The molecule has 1 aromatic heterocycles. The maximum Gasteiger partial charge on any atom is 0.234 e. The molecule has 0 fully saturated rings. The summed E-state index contributed by atoms with van der Waals surface area (Å²) in [6, 6.07) is 14.9. The Labute approximate surface area is 174 Å². The van der Waals surface area contributed by atoms with E-state index >= 15 is 0 Å². The van der Waals surface area contributed by atoms with Gasteiger partial charge in [0.15, 0.2) is 5.16 Å². The third-order valence-electron chi connectivity index (χ3n) is 3.68. The Hall–Kier alpha value is -1.80. The minimum absolute atomic E-state index is 0.117. The van der Waals surface area contributed by atoms with Crippen LogP contribution >= 0.6 is 39.3 Å². The second kappa shape index (κ2) is 9.41. The minimum atomic E-state index is -0.147. The summed E-state index contributed by atoms with van der Waals surface area (Å²) in [6.45, 7) is 0.438. The highest BCUT2D eigenvalue weighted by atomic mass is 79.9. The number of anilines is 1. The van der Waals surface area contributed by atoms with Gasteiger partial charge in [0, 0.05) is 27.9 Å². The molecule has 27 heavy (non-hydrogen) atoms. The number of thioether (sulfide) groups is 1. The van der Waals surface area contributed by atoms with Gasteiger partial charge in [0.1, 0.15) is 0 Å². The molecule has 140 valence electrons. The summed E-state index contributed by atoms with van der Waals surface area (Å²) in [5, 5.41) is 13.6. The van der Waals surface area contributed by atoms with Crippen molar-refractivity contribution in [1.82, 2.24) is 9.55 Å². The van der Waals surface area contributed by atoms with Crippen LogP contribution in [0.15, 0.2) is 64.4 Å². The average molecular weight is 467 g/mol. The summed E-state index contributed by atoms with van der Waals surface area (Å²) in [4.78, 5) is 16.6. The molecule has 5 nitrogen and oxygen atoms in total. The lowest BCUT2D eigenvalue weighted by molar-refractivity contribution is -0.113. The van der Waals surface area contributed by atoms with Crippen molar-refractivity contribution >= 4 is 50.9 Å². The standard InChI is InChI=1S/C19H17BrClN3O2S/c20-14-3-7-16(8-4-14)22-18(26)12-27-19-23-17(11-25)10-24(19)9-13-1-5-15(21)6-2-13/h1-8,10,25H,9,11-12H2,(H,22,26). The van der Waals surface area contributed by atoms with Crippen LogP contribution in [0.25, 0.3) is 0 Å². The van der Waals surface area contributed by atoms with Gasteiger partial charge < -0.3 is 15.0 Å². The van der Waals surface area contributed by atoms with Crippen molar-refractivity contribution in [3.63, 3.8) is 0 Å². The van der Waals surface area contributed by atoms with E-state index < -0.39 is 0 Å². The summed E-state index contributed by atoms with van der Waals surface area (Å²) < 4.78 is 2.88. The van der Waals surface area contributed by atoms with Crippen LogP contribution in [0, 0.1) is 0 Å². The van der Waals surface area contributed by atoms with Crippen LogP contribution in [0.1, 0.15) is 11.3 Å². The van der Waals surface area contributed by atoms with E-state index in [0.717, 1.165) is 15.7 Å². The Morgan fingerprint density at radius 1 is 1.19 bits per heavy atom. The van der Waals surface area contributed by atoms with E-state index in [1.807, 2.05) is 53.1 Å². The van der Waals surface area contributed by atoms with Gasteiger partial charge in [-0.05, 0) is 42.0 Å². The number of nitrogens with zero attached hydrogens (tertiary/aromatic N) is 2. The molecule has 0 bridgehead atoms. The Morgan fingerprint density at radius 3 is 2.56 bits per heavy atom. The molecule has 0 aliphatic heterocycles. The molecule has 2 aromatic carbocycles. The number of carbonyl (C=O) groups is 1. The number of hydrogen-bond donors (Lipinski definition) is 2. The van der Waals surface area contributed by atoms with Gasteiger partial charge in [-0.2, -0.15) is 0 Å². The zero-order valence-corrected chi connectivity index (χ0v) is 17.4. The zero-order chi connectivity index (χ0) is 19.2. The molecule has 1 amide bonds. The molecule has 3 rings (SSSR count). The van der Waals surface area contributed by atoms with E-state index in [1.54, 1.807) is 6.20 Å². The predicted molar refractivity (Wildman–Crippen MR) is 112 cm³/mol. The molecular formula is C19H17BrClN3O2S. The van der Waals surface area contributed by atoms with Crippen molar-refractivity contribution < 1.29 is 9.90 Å². The molecule has 0 spiro atoms. The molecule has 0 saturated heterocycles. The predicted octanol–water partition coefficient (Wildman–Crippen LogP) is 4.57. The molecule has 0 atom stereocenters. The lowest BCUT2D eigenvalue weighted by Crippen LogP contribution is -2.14. The molecule has 0 radical (unpaired) electrons. The maximum atomic E-state index is 12.2. The summed E-state index contributed by atoms with van der Waals surface area (Å²) in [5.74, 6) is 0.104. The van der Waals surface area contributed by atoms with Gasteiger partial charge >= 0.3 is 0 Å². The molecule has 1 heterocycles. The van der Waals surface area contributed by atoms with Gasteiger partial charge in [-0.25, -0.2) is 4.98 Å². The molecule has 3 aromatic rings. The highest BCUT2D eigenvalue weighted by molar-refractivity contribution is 9.10. The summed E-state index contributed by atoms with van der Waals surface area (Å²) >= 11 is 10.6. The normalized spacial score (nSPS) is 10.8. The summed E-state index contributed by atoms with van der Waals surface area (Å²) in [7, 11) is 0. The molecule has 0 unspecified atom stereocenters. The lowest BCUT2D eigenvalue weighted by Gasteiger charge is -2.08. The van der Waals surface area contributed by atoms with E-state index in [-0.39, 0.29) is 18.3 Å². The van der Waals surface area contributed by atoms with Crippen LogP contribution in [0.2, 0.25) is 5.02 Å². The van der Waals surface area contributed by atoms with Crippen molar-refractivity contribution in [3.05, 3.63) is 75.5 Å². The number of aliphatic hydroxyl groups excluding tert-OH is 1. The van der Waals surface area contributed by atoms with Crippen LogP contribution in [0.5, 0.6) is 0 Å². The number of carbonyl (C=O) groups excluding carboxylic acids is 1. The summed E-state index contributed by atoms with van der Waals surface area (Å²) in [6.07, 6.45) is 1.80. The Balaban J connectivity index is 1.64. The first-order valence-corrected chi connectivity index (χ1v) is 10.3. The van der Waals surface area contributed by atoms with Crippen LogP contribution in [-0.2, 0) is 17.9 Å². The van der Waals surface area contributed by atoms with Crippen LogP contribution in [0.3, 0.4) is 0 Å². The maximum absolute atomic E-state index is 12.2. The monoisotopic (exact) mass is 465 g/mol. The number of aliphatic hydroxyl groups is 1. The first-order chi connectivity index (χ1) is 13.0. The van der Waals surface area contributed by atoms with Crippen molar-refractivity contribution in [2.45, 2.75) is 18.3 Å². The van der Waals surface area contributed by atoms with Gasteiger partial charge in [-0.1, -0.05) is 51.4 Å². The van der Waals surface area contributed by atoms with E-state index in [0.29, 0.717) is 22.4 Å². The first kappa shape index (κ1) is 19.9. The number of nitrogens with one attached hydrogen (secondary N) is 1. The third kappa shape index (κ3) is 5.84. The number of halogens is 2. The van der Waals surface area contributed by atoms with Crippen molar-refractivity contribution in [2.24, 2.45) is 0 Å². The number of rotatable bonds is 7. The minimum Gasteiger partial charge on any atom is -0.390 e. The Kier molecular flexibility index (Phi) is 6.95. The second-order valence-corrected chi connectivity index (χ2v) is 8.07.